The molecule has 52 heavy (non-hydrogen) atoms. The van der Waals surface area contributed by atoms with Crippen molar-refractivity contribution in [3.8, 4) is 33.9 Å². The number of furan rings is 1. The largest absolute Gasteiger partial charge is 0.456 e. The lowest BCUT2D eigenvalue weighted by Gasteiger charge is -2.30. The number of benzene rings is 4. The maximum atomic E-state index is 6.71. The molecule has 4 aliphatic carbocycles. The summed E-state index contributed by atoms with van der Waals surface area (Å²) in [5, 5.41) is 2.05. The van der Waals surface area contributed by atoms with E-state index in [4.69, 9.17) is 19.4 Å². The third-order valence-electron chi connectivity index (χ3n) is 11.0. The van der Waals surface area contributed by atoms with E-state index < -0.39 is 0 Å². The van der Waals surface area contributed by atoms with Gasteiger partial charge in [0.2, 0.25) is 0 Å². The van der Waals surface area contributed by atoms with Gasteiger partial charge >= 0.3 is 0 Å². The van der Waals surface area contributed by atoms with E-state index in [2.05, 4.69) is 109 Å². The van der Waals surface area contributed by atoms with Gasteiger partial charge in [-0.15, -0.1) is 5.73 Å². The first-order chi connectivity index (χ1) is 25.7. The van der Waals surface area contributed by atoms with Crippen molar-refractivity contribution < 1.29 is 4.42 Å². The molecule has 5 aliphatic rings. The van der Waals surface area contributed by atoms with Crippen LogP contribution in [0.15, 0.2) is 167 Å². The van der Waals surface area contributed by atoms with E-state index in [1.807, 2.05) is 54.6 Å². The quantitative estimate of drug-likeness (QED) is 0.171. The van der Waals surface area contributed by atoms with Gasteiger partial charge in [-0.05, 0) is 71.7 Å². The van der Waals surface area contributed by atoms with E-state index in [9.17, 15) is 0 Å². The Bertz CT molecular complexity index is 2780. The molecule has 0 saturated heterocycles. The second-order valence-electron chi connectivity index (χ2n) is 14.0. The lowest BCUT2D eigenvalue weighted by Crippen LogP contribution is -2.31. The van der Waals surface area contributed by atoms with Crippen LogP contribution >= 0.6 is 0 Å². The van der Waals surface area contributed by atoms with E-state index in [1.54, 1.807) is 0 Å². The van der Waals surface area contributed by atoms with Gasteiger partial charge in [-0.2, -0.15) is 0 Å². The predicted octanol–water partition coefficient (Wildman–Crippen LogP) is 11.0. The Labute approximate surface area is 301 Å². The van der Waals surface area contributed by atoms with Crippen LogP contribution in [-0.2, 0) is 0 Å². The molecule has 0 fully saturated rings. The van der Waals surface area contributed by atoms with Crippen molar-refractivity contribution in [1.82, 2.24) is 15.0 Å². The number of aryl methyl sites for hydroxylation is 1. The predicted molar refractivity (Wildman–Crippen MR) is 209 cm³/mol. The normalized spacial score (nSPS) is 20.5. The summed E-state index contributed by atoms with van der Waals surface area (Å²) >= 11 is 0. The molecule has 11 rings (SSSR count). The first-order valence-electron chi connectivity index (χ1n) is 18.0. The van der Waals surface area contributed by atoms with Gasteiger partial charge in [0.25, 0.3) is 0 Å². The van der Waals surface area contributed by atoms with Crippen LogP contribution in [0.2, 0.25) is 0 Å². The Morgan fingerprint density at radius 3 is 2.56 bits per heavy atom. The van der Waals surface area contributed by atoms with Gasteiger partial charge < -0.3 is 9.32 Å². The second kappa shape index (κ2) is 11.2. The monoisotopic (exact) mass is 668 g/mol. The van der Waals surface area contributed by atoms with E-state index in [0.717, 1.165) is 50.6 Å². The third-order valence-corrected chi connectivity index (χ3v) is 11.0. The molecule has 246 valence electrons. The fraction of sp³-hybridized carbons (Fsp3) is 0.106. The fourth-order valence-corrected chi connectivity index (χ4v) is 8.34. The van der Waals surface area contributed by atoms with Crippen LogP contribution in [-0.4, -0.2) is 21.0 Å². The number of anilines is 1. The third kappa shape index (κ3) is 4.53. The van der Waals surface area contributed by atoms with Crippen molar-refractivity contribution in [3.63, 3.8) is 0 Å². The van der Waals surface area contributed by atoms with Crippen LogP contribution in [0, 0.1) is 12.8 Å². The number of aromatic nitrogens is 3. The van der Waals surface area contributed by atoms with Gasteiger partial charge in [0.1, 0.15) is 11.2 Å². The summed E-state index contributed by atoms with van der Waals surface area (Å²) in [5.41, 5.74) is 16.6. The molecule has 6 aromatic rings. The zero-order chi connectivity index (χ0) is 34.3. The van der Waals surface area contributed by atoms with Crippen LogP contribution < -0.4 is 4.90 Å². The highest BCUT2D eigenvalue weighted by Gasteiger charge is 2.39. The molecule has 0 radical (unpaired) electrons. The molecular formula is C47H32N4O. The zero-order valence-corrected chi connectivity index (χ0v) is 28.5. The molecule has 0 amide bonds. The molecule has 5 nitrogen and oxygen atoms in total. The Hall–Kier alpha value is -6.55. The van der Waals surface area contributed by atoms with Gasteiger partial charge in [0.05, 0.1) is 6.04 Å². The van der Waals surface area contributed by atoms with Crippen molar-refractivity contribution in [2.45, 2.75) is 25.3 Å². The maximum absolute atomic E-state index is 6.71. The number of allylic oxidation sites excluding steroid dienone is 10. The summed E-state index contributed by atoms with van der Waals surface area (Å²) in [5.74, 6) is 2.72. The van der Waals surface area contributed by atoms with Gasteiger partial charge in [-0.3, -0.25) is 0 Å². The molecule has 0 saturated carbocycles. The van der Waals surface area contributed by atoms with E-state index in [1.165, 1.54) is 33.6 Å². The molecule has 0 spiro atoms. The van der Waals surface area contributed by atoms with Gasteiger partial charge in [0, 0.05) is 62.7 Å². The Balaban J connectivity index is 1.03. The van der Waals surface area contributed by atoms with Crippen LogP contribution in [0.25, 0.3) is 61.4 Å². The van der Waals surface area contributed by atoms with Crippen molar-refractivity contribution in [2.24, 2.45) is 5.92 Å². The lowest BCUT2D eigenvalue weighted by atomic mass is 9.89. The number of fused-ring (bicyclic) bond motifs is 7. The highest BCUT2D eigenvalue weighted by Crippen LogP contribution is 2.50. The molecule has 0 bridgehead atoms. The first kappa shape index (κ1) is 29.2. The van der Waals surface area contributed by atoms with E-state index in [0.29, 0.717) is 29.3 Å². The minimum atomic E-state index is 0.264. The average Bonchev–Trinajstić information content (AvgIpc) is 3.77. The van der Waals surface area contributed by atoms with Crippen LogP contribution in [0.4, 0.5) is 5.69 Å². The van der Waals surface area contributed by atoms with Gasteiger partial charge in [-0.1, -0.05) is 103 Å². The standard InChI is InChI=1S/C47H32N4O/c1-28-35(32-20-24-41-39(27-32)36-15-8-9-17-40(36)51(41)34-21-19-31-25-33(31)26-34)22-23-37-43-38(16-10-18-42(43)52-44(28)37)47-49-45(29-11-4-2-5-12-29)48-46(50-47)30-13-6-3-7-14-30/h2-12,15-27,31,36,40H,13H2,1H3. The Kier molecular flexibility index (Phi) is 6.31. The summed E-state index contributed by atoms with van der Waals surface area (Å²) in [4.78, 5) is 17.5. The summed E-state index contributed by atoms with van der Waals surface area (Å²) in [6, 6.07) is 27.9. The summed E-state index contributed by atoms with van der Waals surface area (Å²) in [7, 11) is 0. The van der Waals surface area contributed by atoms with E-state index >= 15 is 0 Å². The van der Waals surface area contributed by atoms with Crippen LogP contribution in [0.5, 0.6) is 0 Å². The summed E-state index contributed by atoms with van der Waals surface area (Å²) in [6.07, 6.45) is 25.1. The molecule has 2 aromatic heterocycles. The van der Waals surface area contributed by atoms with Crippen molar-refractivity contribution >= 4 is 33.2 Å². The molecule has 3 heterocycles. The highest BCUT2D eigenvalue weighted by molar-refractivity contribution is 6.13. The summed E-state index contributed by atoms with van der Waals surface area (Å²) < 4.78 is 6.71. The fourth-order valence-electron chi connectivity index (χ4n) is 8.34. The zero-order valence-electron chi connectivity index (χ0n) is 28.5. The highest BCUT2D eigenvalue weighted by atomic mass is 16.3. The van der Waals surface area contributed by atoms with Crippen molar-refractivity contribution in [1.29, 1.82) is 0 Å². The van der Waals surface area contributed by atoms with Crippen LogP contribution in [0.1, 0.15) is 29.3 Å². The number of rotatable bonds is 5. The van der Waals surface area contributed by atoms with Gasteiger partial charge in [-0.25, -0.2) is 15.0 Å². The molecule has 5 heteroatoms. The molecule has 1 aliphatic heterocycles. The SMILES string of the molecule is Cc1c(-c2ccc3c(c2)C2C=CC=CC2N3C2=CC3=CC3C=C2)ccc2c1oc1cccc(-c3nc(C4=C=CC=CC4)nc(-c4ccccc4)n3)c12. The lowest BCUT2D eigenvalue weighted by molar-refractivity contribution is 0.666. The first-order valence-corrected chi connectivity index (χ1v) is 18.0. The smallest absolute Gasteiger partial charge is 0.168 e. The van der Waals surface area contributed by atoms with E-state index in [-0.39, 0.29) is 6.04 Å². The second-order valence-corrected chi connectivity index (χ2v) is 14.0. The molecular weight excluding hydrogens is 637 g/mol. The molecule has 0 N–H and O–H groups in total. The van der Waals surface area contributed by atoms with Gasteiger partial charge in [0.15, 0.2) is 17.5 Å². The maximum Gasteiger partial charge on any atom is 0.168 e. The van der Waals surface area contributed by atoms with Crippen molar-refractivity contribution in [3.05, 3.63) is 180 Å². The number of nitrogens with zero attached hydrogens (tertiary/aromatic N) is 4. The van der Waals surface area contributed by atoms with Crippen LogP contribution in [0.3, 0.4) is 0 Å². The Morgan fingerprint density at radius 1 is 0.788 bits per heavy atom. The Morgan fingerprint density at radius 2 is 1.67 bits per heavy atom. The number of hydrogen-bond acceptors (Lipinski definition) is 5. The minimum Gasteiger partial charge on any atom is -0.456 e. The molecule has 3 atom stereocenters. The summed E-state index contributed by atoms with van der Waals surface area (Å²) in [6.45, 7) is 2.17. The van der Waals surface area contributed by atoms with Crippen molar-refractivity contribution in [2.75, 3.05) is 4.90 Å². The molecule has 4 aromatic carbocycles. The molecule has 3 unspecified atom stereocenters. The average molecular weight is 669 g/mol. The topological polar surface area (TPSA) is 55.1 Å². The number of hydrogen-bond donors (Lipinski definition) is 0. The minimum absolute atomic E-state index is 0.264.